The molecule has 120 valence electrons. The van der Waals surface area contributed by atoms with E-state index in [0.29, 0.717) is 12.1 Å². The molecule has 0 saturated heterocycles. The van der Waals surface area contributed by atoms with Crippen LogP contribution in [0.2, 0.25) is 0 Å². The summed E-state index contributed by atoms with van der Waals surface area (Å²) in [6.45, 7) is 0.210. The summed E-state index contributed by atoms with van der Waals surface area (Å²) in [5.74, 6) is 0.164. The molecular weight excluding hydrogens is 299 g/mol. The Kier molecular flexibility index (Phi) is 6.11. The molecule has 2 rings (SSSR count). The van der Waals surface area contributed by atoms with Crippen LogP contribution >= 0.6 is 0 Å². The highest BCUT2D eigenvalue weighted by Gasteiger charge is 2.01. The number of benzene rings is 2. The lowest BCUT2D eigenvalue weighted by Gasteiger charge is -2.05. The molecule has 2 aromatic carbocycles. The van der Waals surface area contributed by atoms with Gasteiger partial charge in [-0.3, -0.25) is 4.79 Å². The first-order valence-corrected chi connectivity index (χ1v) is 6.98. The molecule has 0 bridgehead atoms. The molecule has 0 aliphatic carbocycles. The Labute approximate surface area is 133 Å². The molecule has 5 nitrogen and oxygen atoms in total. The molecule has 0 spiro atoms. The van der Waals surface area contributed by atoms with Crippen molar-refractivity contribution < 1.29 is 18.8 Å². The fourth-order valence-corrected chi connectivity index (χ4v) is 1.74. The second-order valence-electron chi connectivity index (χ2n) is 4.68. The van der Waals surface area contributed by atoms with Crippen molar-refractivity contribution in [1.82, 2.24) is 5.32 Å². The van der Waals surface area contributed by atoms with Crippen LogP contribution in [0.1, 0.15) is 11.1 Å². The first-order valence-electron chi connectivity index (χ1n) is 6.98. The highest BCUT2D eigenvalue weighted by atomic mass is 19.1. The third-order valence-corrected chi connectivity index (χ3v) is 2.99. The fourth-order valence-electron chi connectivity index (χ4n) is 1.74. The molecule has 0 radical (unpaired) electrons. The largest absolute Gasteiger partial charge is 0.497 e. The van der Waals surface area contributed by atoms with E-state index in [0.717, 1.165) is 11.3 Å². The second-order valence-corrected chi connectivity index (χ2v) is 4.68. The second kappa shape index (κ2) is 8.53. The number of amides is 1. The van der Waals surface area contributed by atoms with Gasteiger partial charge in [-0.1, -0.05) is 29.4 Å². The van der Waals surface area contributed by atoms with Crippen LogP contribution in [0.3, 0.4) is 0 Å². The Morgan fingerprint density at radius 3 is 2.52 bits per heavy atom. The summed E-state index contributed by atoms with van der Waals surface area (Å²) < 4.78 is 17.8. The van der Waals surface area contributed by atoms with E-state index in [4.69, 9.17) is 9.57 Å². The van der Waals surface area contributed by atoms with Crippen LogP contribution < -0.4 is 10.1 Å². The summed E-state index contributed by atoms with van der Waals surface area (Å²) in [6.07, 6.45) is 1.41. The van der Waals surface area contributed by atoms with Crippen LogP contribution in [0, 0.1) is 5.82 Å². The average Bonchev–Trinajstić information content (AvgIpc) is 2.59. The molecule has 2 aromatic rings. The molecule has 6 heteroatoms. The lowest BCUT2D eigenvalue weighted by Crippen LogP contribution is -2.26. The van der Waals surface area contributed by atoms with Crippen LogP contribution in [0.25, 0.3) is 0 Å². The van der Waals surface area contributed by atoms with Gasteiger partial charge >= 0.3 is 0 Å². The number of hydrogen-bond acceptors (Lipinski definition) is 4. The van der Waals surface area contributed by atoms with Crippen molar-refractivity contribution >= 4 is 12.1 Å². The molecular formula is C17H17FN2O3. The first-order chi connectivity index (χ1) is 11.2. The normalized spacial score (nSPS) is 10.5. The number of methoxy groups -OCH3 is 1. The lowest BCUT2D eigenvalue weighted by atomic mass is 10.2. The van der Waals surface area contributed by atoms with E-state index < -0.39 is 0 Å². The summed E-state index contributed by atoms with van der Waals surface area (Å²) >= 11 is 0. The van der Waals surface area contributed by atoms with E-state index in [1.54, 1.807) is 19.2 Å². The summed E-state index contributed by atoms with van der Waals surface area (Å²) in [7, 11) is 1.60. The Bertz CT molecular complexity index is 655. The van der Waals surface area contributed by atoms with Gasteiger partial charge < -0.3 is 14.9 Å². The highest BCUT2D eigenvalue weighted by molar-refractivity contribution is 5.79. The zero-order valence-corrected chi connectivity index (χ0v) is 12.7. The zero-order valence-electron chi connectivity index (χ0n) is 12.7. The van der Waals surface area contributed by atoms with Gasteiger partial charge in [0.05, 0.1) is 13.3 Å². The van der Waals surface area contributed by atoms with Gasteiger partial charge in [-0.05, 0) is 35.4 Å². The Morgan fingerprint density at radius 2 is 1.87 bits per heavy atom. The molecule has 0 unspecified atom stereocenters. The van der Waals surface area contributed by atoms with Crippen molar-refractivity contribution in [2.75, 3.05) is 13.7 Å². The number of hydrogen-bond donors (Lipinski definition) is 1. The lowest BCUT2D eigenvalue weighted by molar-refractivity contribution is -0.125. The smallest absolute Gasteiger partial charge is 0.261 e. The third-order valence-electron chi connectivity index (χ3n) is 2.99. The Morgan fingerprint density at radius 1 is 1.17 bits per heavy atom. The maximum absolute atomic E-state index is 12.7. The standard InChI is InChI=1S/C17H17FN2O3/c1-22-16-8-4-13(5-9-16)10-19-17(21)12-23-20-11-14-2-6-15(18)7-3-14/h2-9,11H,10,12H2,1H3,(H,19,21)/b20-11+. The third kappa shape index (κ3) is 5.78. The van der Waals surface area contributed by atoms with Crippen molar-refractivity contribution in [3.05, 3.63) is 65.5 Å². The number of nitrogens with zero attached hydrogens (tertiary/aromatic N) is 1. The summed E-state index contributed by atoms with van der Waals surface area (Å²) in [6, 6.07) is 13.2. The van der Waals surface area contributed by atoms with Crippen LogP contribution in [0.15, 0.2) is 53.7 Å². The van der Waals surface area contributed by atoms with Crippen molar-refractivity contribution in [3.8, 4) is 5.75 Å². The molecule has 0 aromatic heterocycles. The molecule has 0 aliphatic rings. The molecule has 0 fully saturated rings. The molecule has 0 saturated carbocycles. The fraction of sp³-hybridized carbons (Fsp3) is 0.176. The van der Waals surface area contributed by atoms with Crippen molar-refractivity contribution in [1.29, 1.82) is 0 Å². The van der Waals surface area contributed by atoms with Gasteiger partial charge in [-0.25, -0.2) is 4.39 Å². The number of ether oxygens (including phenoxy) is 1. The number of nitrogens with one attached hydrogen (secondary N) is 1. The van der Waals surface area contributed by atoms with E-state index in [9.17, 15) is 9.18 Å². The number of carbonyl (C=O) groups excluding carboxylic acids is 1. The van der Waals surface area contributed by atoms with Gasteiger partial charge in [0.1, 0.15) is 11.6 Å². The topological polar surface area (TPSA) is 59.9 Å². The van der Waals surface area contributed by atoms with Gasteiger partial charge in [0.25, 0.3) is 5.91 Å². The quantitative estimate of drug-likeness (QED) is 0.631. The predicted molar refractivity (Wildman–Crippen MR) is 84.8 cm³/mol. The van der Waals surface area contributed by atoms with Gasteiger partial charge in [-0.2, -0.15) is 0 Å². The van der Waals surface area contributed by atoms with Crippen molar-refractivity contribution in [2.24, 2.45) is 5.16 Å². The van der Waals surface area contributed by atoms with Crippen molar-refractivity contribution in [2.45, 2.75) is 6.54 Å². The maximum atomic E-state index is 12.7. The van der Waals surface area contributed by atoms with Gasteiger partial charge in [0.2, 0.25) is 0 Å². The summed E-state index contributed by atoms with van der Waals surface area (Å²) in [5.41, 5.74) is 1.64. The molecule has 0 heterocycles. The van der Waals surface area contributed by atoms with Crippen LogP contribution in [-0.2, 0) is 16.2 Å². The molecule has 23 heavy (non-hydrogen) atoms. The average molecular weight is 316 g/mol. The van der Waals surface area contributed by atoms with E-state index in [1.807, 2.05) is 24.3 Å². The number of halogens is 1. The number of oxime groups is 1. The monoisotopic (exact) mass is 316 g/mol. The molecule has 0 aliphatic heterocycles. The van der Waals surface area contributed by atoms with Gasteiger partial charge in [-0.15, -0.1) is 0 Å². The summed E-state index contributed by atoms with van der Waals surface area (Å²) in [4.78, 5) is 16.5. The number of rotatable bonds is 7. The maximum Gasteiger partial charge on any atom is 0.261 e. The molecule has 1 N–H and O–H groups in total. The minimum Gasteiger partial charge on any atom is -0.497 e. The van der Waals surface area contributed by atoms with E-state index >= 15 is 0 Å². The van der Waals surface area contributed by atoms with Crippen LogP contribution in [0.4, 0.5) is 4.39 Å². The Balaban J connectivity index is 1.69. The van der Waals surface area contributed by atoms with E-state index in [1.165, 1.54) is 18.3 Å². The Hall–Kier alpha value is -2.89. The van der Waals surface area contributed by atoms with E-state index in [-0.39, 0.29) is 18.3 Å². The van der Waals surface area contributed by atoms with Gasteiger partial charge in [0, 0.05) is 6.54 Å². The predicted octanol–water partition coefficient (Wildman–Crippen LogP) is 2.50. The SMILES string of the molecule is COc1ccc(CNC(=O)CO/N=C/c2ccc(F)cc2)cc1. The molecule has 0 atom stereocenters. The van der Waals surface area contributed by atoms with Crippen LogP contribution in [-0.4, -0.2) is 25.8 Å². The molecule has 1 amide bonds. The zero-order chi connectivity index (χ0) is 16.5. The van der Waals surface area contributed by atoms with E-state index in [2.05, 4.69) is 10.5 Å². The highest BCUT2D eigenvalue weighted by Crippen LogP contribution is 2.10. The summed E-state index contributed by atoms with van der Waals surface area (Å²) in [5, 5.41) is 6.38. The minimum atomic E-state index is -0.319. The number of carbonyl (C=O) groups is 1. The van der Waals surface area contributed by atoms with Crippen LogP contribution in [0.5, 0.6) is 5.75 Å². The van der Waals surface area contributed by atoms with Gasteiger partial charge in [0.15, 0.2) is 6.61 Å². The first kappa shape index (κ1) is 16.5. The minimum absolute atomic E-state index is 0.187. The van der Waals surface area contributed by atoms with Crippen molar-refractivity contribution in [3.63, 3.8) is 0 Å².